The van der Waals surface area contributed by atoms with Crippen molar-refractivity contribution in [1.29, 1.82) is 0 Å². The number of carboxylic acids is 1. The third-order valence-electron chi connectivity index (χ3n) is 7.37. The Morgan fingerprint density at radius 2 is 2.21 bits per heavy atom. The summed E-state index contributed by atoms with van der Waals surface area (Å²) in [5.41, 5.74) is -0.00335. The van der Waals surface area contributed by atoms with Crippen LogP contribution in [0.2, 0.25) is 0 Å². The van der Waals surface area contributed by atoms with Crippen LogP contribution in [0, 0.1) is 22.7 Å². The second kappa shape index (κ2) is 4.81. The fourth-order valence-corrected chi connectivity index (χ4v) is 6.32. The van der Waals surface area contributed by atoms with Crippen molar-refractivity contribution in [2.24, 2.45) is 22.7 Å². The summed E-state index contributed by atoms with van der Waals surface area (Å²) in [5, 5.41) is 9.02. The zero-order valence-corrected chi connectivity index (χ0v) is 14.7. The summed E-state index contributed by atoms with van der Waals surface area (Å²) in [6.45, 7) is 5.92. The third kappa shape index (κ3) is 1.95. The van der Waals surface area contributed by atoms with Gasteiger partial charge in [0.1, 0.15) is 0 Å². The maximum absolute atomic E-state index is 12.8. The second-order valence-corrected chi connectivity index (χ2v) is 8.84. The summed E-state index contributed by atoms with van der Waals surface area (Å²) in [4.78, 5) is 23.8. The lowest BCUT2D eigenvalue weighted by Gasteiger charge is -2.55. The summed E-state index contributed by atoms with van der Waals surface area (Å²) in [7, 11) is 0. The summed E-state index contributed by atoms with van der Waals surface area (Å²) >= 11 is 0. The lowest BCUT2D eigenvalue weighted by molar-refractivity contribution is -0.168. The zero-order valence-electron chi connectivity index (χ0n) is 14.7. The number of allylic oxidation sites excluding steroid dienone is 3. The molecule has 4 nitrogen and oxygen atoms in total. The lowest BCUT2D eigenvalue weighted by atomic mass is 9.51. The first-order valence-corrected chi connectivity index (χ1v) is 9.02. The van der Waals surface area contributed by atoms with Crippen LogP contribution >= 0.6 is 0 Å². The Bertz CT molecular complexity index is 677. The van der Waals surface area contributed by atoms with Crippen molar-refractivity contribution < 1.29 is 19.4 Å². The van der Waals surface area contributed by atoms with Crippen molar-refractivity contribution in [1.82, 2.24) is 0 Å². The average Bonchev–Trinajstić information content (AvgIpc) is 2.85. The first-order valence-electron chi connectivity index (χ1n) is 9.02. The maximum Gasteiger partial charge on any atom is 0.330 e. The highest BCUT2D eigenvalue weighted by Crippen LogP contribution is 2.71. The van der Waals surface area contributed by atoms with Gasteiger partial charge in [0.2, 0.25) is 0 Å². The molecule has 2 saturated carbocycles. The van der Waals surface area contributed by atoms with Crippen LogP contribution in [0.25, 0.3) is 0 Å². The van der Waals surface area contributed by atoms with Gasteiger partial charge in [-0.1, -0.05) is 19.1 Å². The fraction of sp³-hybridized carbons (Fsp3) is 0.700. The number of hydrogen-bond acceptors (Lipinski definition) is 3. The predicted octanol–water partition coefficient (Wildman–Crippen LogP) is 3.52. The smallest absolute Gasteiger partial charge is 0.330 e. The molecule has 3 aliphatic carbocycles. The number of carbonyl (C=O) groups is 2. The zero-order chi connectivity index (χ0) is 17.3. The fourth-order valence-electron chi connectivity index (χ4n) is 6.32. The third-order valence-corrected chi connectivity index (χ3v) is 7.37. The average molecular weight is 330 g/mol. The van der Waals surface area contributed by atoms with Crippen LogP contribution in [0.1, 0.15) is 52.9 Å². The van der Waals surface area contributed by atoms with Gasteiger partial charge < -0.3 is 9.84 Å². The summed E-state index contributed by atoms with van der Waals surface area (Å²) in [6.07, 6.45) is 10.5. The topological polar surface area (TPSA) is 63.6 Å². The molecule has 0 aromatic carbocycles. The first kappa shape index (κ1) is 16.1. The van der Waals surface area contributed by atoms with Gasteiger partial charge in [-0.15, -0.1) is 0 Å². The quantitative estimate of drug-likeness (QED) is 0.801. The van der Waals surface area contributed by atoms with Crippen molar-refractivity contribution in [3.8, 4) is 0 Å². The van der Waals surface area contributed by atoms with Gasteiger partial charge in [0, 0.05) is 16.9 Å². The van der Waals surface area contributed by atoms with Gasteiger partial charge in [-0.25, -0.2) is 4.79 Å². The molecule has 1 N–H and O–H groups in total. The van der Waals surface area contributed by atoms with E-state index in [0.717, 1.165) is 19.3 Å². The molecule has 4 fully saturated rings. The van der Waals surface area contributed by atoms with E-state index < -0.39 is 11.4 Å². The molecular formula is C20H26O4. The molecule has 0 radical (unpaired) electrons. The van der Waals surface area contributed by atoms with E-state index in [9.17, 15) is 9.59 Å². The van der Waals surface area contributed by atoms with Crippen LogP contribution in [0.15, 0.2) is 23.8 Å². The Morgan fingerprint density at radius 3 is 2.88 bits per heavy atom. The Labute approximate surface area is 143 Å². The van der Waals surface area contributed by atoms with Crippen LogP contribution in [0.4, 0.5) is 0 Å². The molecule has 4 bridgehead atoms. The van der Waals surface area contributed by atoms with E-state index in [2.05, 4.69) is 19.9 Å². The van der Waals surface area contributed by atoms with E-state index in [1.54, 1.807) is 19.1 Å². The minimum absolute atomic E-state index is 0.00734. The monoisotopic (exact) mass is 330 g/mol. The normalized spacial score (nSPS) is 48.9. The van der Waals surface area contributed by atoms with Gasteiger partial charge in [-0.2, -0.15) is 0 Å². The minimum Gasteiger partial charge on any atom is -0.478 e. The van der Waals surface area contributed by atoms with Crippen molar-refractivity contribution >= 4 is 11.8 Å². The summed E-state index contributed by atoms with van der Waals surface area (Å²) < 4.78 is 6.42. The van der Waals surface area contributed by atoms with Crippen molar-refractivity contribution in [2.75, 3.05) is 0 Å². The molecule has 24 heavy (non-hydrogen) atoms. The van der Waals surface area contributed by atoms with Crippen molar-refractivity contribution in [3.63, 3.8) is 0 Å². The van der Waals surface area contributed by atoms with Gasteiger partial charge in [-0.3, -0.25) is 4.79 Å². The predicted molar refractivity (Wildman–Crippen MR) is 89.4 cm³/mol. The lowest BCUT2D eigenvalue weighted by Crippen LogP contribution is -2.56. The maximum atomic E-state index is 12.8. The number of aliphatic carboxylic acids is 1. The number of ether oxygens (including phenoxy) is 1. The van der Waals surface area contributed by atoms with E-state index in [1.165, 1.54) is 0 Å². The van der Waals surface area contributed by atoms with Crippen LogP contribution in [0.5, 0.6) is 0 Å². The minimum atomic E-state index is -0.888. The number of carbonyl (C=O) groups excluding carboxylic acids is 1. The van der Waals surface area contributed by atoms with Gasteiger partial charge >= 0.3 is 5.97 Å². The Morgan fingerprint density at radius 1 is 1.46 bits per heavy atom. The van der Waals surface area contributed by atoms with E-state index in [4.69, 9.17) is 9.84 Å². The molecular weight excluding hydrogens is 304 g/mol. The van der Waals surface area contributed by atoms with Crippen molar-refractivity contribution in [2.45, 2.75) is 64.6 Å². The molecule has 2 saturated heterocycles. The van der Waals surface area contributed by atoms with Gasteiger partial charge in [0.15, 0.2) is 5.78 Å². The summed E-state index contributed by atoms with van der Waals surface area (Å²) in [5.74, 6) is 0.144. The van der Waals surface area contributed by atoms with E-state index in [0.29, 0.717) is 24.3 Å². The van der Waals surface area contributed by atoms with E-state index in [1.807, 2.05) is 0 Å². The Kier molecular flexibility index (Phi) is 3.22. The largest absolute Gasteiger partial charge is 0.478 e. The standard InChI is InChI=1S/C20H26O4/c1-12(17(22)23)5-4-7-18(2)15(21)6-8-20-10-13-9-14(16(18)20)24-19(13,3)11-20/h5-6,8,13-14,16H,4,7,9-11H2,1-3H3,(H,22,23)/b12-5+/t13-,14+,16+,18-,19+,20+/m1/s1. The molecule has 0 unspecified atom stereocenters. The first-order chi connectivity index (χ1) is 11.2. The molecule has 0 aromatic rings. The Hall–Kier alpha value is -1.42. The van der Waals surface area contributed by atoms with Gasteiger partial charge in [-0.05, 0) is 63.4 Å². The molecule has 130 valence electrons. The number of ketones is 1. The van der Waals surface area contributed by atoms with Crippen LogP contribution in [-0.4, -0.2) is 28.6 Å². The van der Waals surface area contributed by atoms with Gasteiger partial charge in [0.25, 0.3) is 0 Å². The van der Waals surface area contributed by atoms with Crippen LogP contribution in [-0.2, 0) is 14.3 Å². The molecule has 0 aromatic heterocycles. The summed E-state index contributed by atoms with van der Waals surface area (Å²) in [6, 6.07) is 0. The Balaban J connectivity index is 1.64. The highest BCUT2D eigenvalue weighted by Gasteiger charge is 2.71. The highest BCUT2D eigenvalue weighted by atomic mass is 16.5. The number of rotatable bonds is 4. The van der Waals surface area contributed by atoms with Crippen LogP contribution in [0.3, 0.4) is 0 Å². The van der Waals surface area contributed by atoms with E-state index >= 15 is 0 Å². The second-order valence-electron chi connectivity index (χ2n) is 8.84. The highest BCUT2D eigenvalue weighted by molar-refractivity contribution is 5.96. The van der Waals surface area contributed by atoms with Gasteiger partial charge in [0.05, 0.1) is 11.7 Å². The molecule has 2 aliphatic heterocycles. The SMILES string of the molecule is C/C(=C\CC[C@]1(C)C(=O)C=C[C@]23C[C@H]4C[C@H](O[C@@]4(C)C2)[C@H]31)C(=O)O. The molecule has 6 atom stereocenters. The molecule has 5 rings (SSSR count). The molecule has 0 amide bonds. The molecule has 5 aliphatic rings. The van der Waals surface area contributed by atoms with E-state index in [-0.39, 0.29) is 28.8 Å². The molecule has 1 spiro atoms. The van der Waals surface area contributed by atoms with Crippen molar-refractivity contribution in [3.05, 3.63) is 23.8 Å². The number of carboxylic acid groups (broad SMARTS) is 1. The van der Waals surface area contributed by atoms with Crippen LogP contribution < -0.4 is 0 Å². The molecule has 2 heterocycles. The molecule has 4 heteroatoms. The number of hydrogen-bond donors (Lipinski definition) is 1.